The van der Waals surface area contributed by atoms with Gasteiger partial charge in [0.15, 0.2) is 5.89 Å². The van der Waals surface area contributed by atoms with Gasteiger partial charge in [-0.05, 0) is 40.2 Å². The summed E-state index contributed by atoms with van der Waals surface area (Å²) in [5.74, 6) is 2.37. The fourth-order valence-electron chi connectivity index (χ4n) is 3.80. The zero-order chi connectivity index (χ0) is 16.8. The Labute approximate surface area is 146 Å². The van der Waals surface area contributed by atoms with Crippen molar-refractivity contribution in [3.63, 3.8) is 0 Å². The van der Waals surface area contributed by atoms with Gasteiger partial charge in [0.2, 0.25) is 0 Å². The van der Waals surface area contributed by atoms with Crippen molar-refractivity contribution in [3.05, 3.63) is 39.9 Å². The lowest BCUT2D eigenvalue weighted by atomic mass is 9.95. The zero-order valence-corrected chi connectivity index (χ0v) is 15.6. The molecule has 3 aromatic heterocycles. The van der Waals surface area contributed by atoms with E-state index < -0.39 is 0 Å². The van der Waals surface area contributed by atoms with Crippen LogP contribution in [0, 0.1) is 27.7 Å². The summed E-state index contributed by atoms with van der Waals surface area (Å²) in [6.07, 6.45) is 4.21. The normalized spacial score (nSPS) is 19.4. The lowest BCUT2D eigenvalue weighted by Gasteiger charge is -2.31. The van der Waals surface area contributed by atoms with Crippen LogP contribution in [0.4, 0.5) is 0 Å². The third-order valence-electron chi connectivity index (χ3n) is 5.07. The van der Waals surface area contributed by atoms with Gasteiger partial charge in [-0.1, -0.05) is 0 Å². The SMILES string of the molecule is Cc1nc(CN2CCC[C@H](c3nc(C)n4c(C)c(C)sc34)C2)co1. The monoisotopic (exact) mass is 344 g/mol. The minimum atomic E-state index is 0.507. The van der Waals surface area contributed by atoms with E-state index in [-0.39, 0.29) is 0 Å². The molecule has 0 amide bonds. The Hall–Kier alpha value is -1.66. The highest BCUT2D eigenvalue weighted by Gasteiger charge is 2.27. The lowest BCUT2D eigenvalue weighted by molar-refractivity contribution is 0.197. The highest BCUT2D eigenvalue weighted by molar-refractivity contribution is 7.17. The van der Waals surface area contributed by atoms with Crippen molar-refractivity contribution in [1.29, 1.82) is 0 Å². The second-order valence-corrected chi connectivity index (χ2v) is 8.06. The van der Waals surface area contributed by atoms with Gasteiger partial charge in [-0.3, -0.25) is 9.30 Å². The first-order chi connectivity index (χ1) is 11.5. The van der Waals surface area contributed by atoms with E-state index in [9.17, 15) is 0 Å². The maximum Gasteiger partial charge on any atom is 0.191 e. The van der Waals surface area contributed by atoms with Gasteiger partial charge in [0.05, 0.1) is 11.4 Å². The number of nitrogens with zero attached hydrogens (tertiary/aromatic N) is 4. The van der Waals surface area contributed by atoms with Gasteiger partial charge in [0, 0.05) is 36.5 Å². The molecule has 0 unspecified atom stereocenters. The highest BCUT2D eigenvalue weighted by Crippen LogP contribution is 2.35. The zero-order valence-electron chi connectivity index (χ0n) is 14.8. The molecule has 128 valence electrons. The van der Waals surface area contributed by atoms with Crippen LogP contribution < -0.4 is 0 Å². The second-order valence-electron chi connectivity index (χ2n) is 6.86. The molecule has 4 rings (SSSR count). The van der Waals surface area contributed by atoms with E-state index in [1.807, 2.05) is 18.3 Å². The van der Waals surface area contributed by atoms with Crippen molar-refractivity contribution in [3.8, 4) is 0 Å². The van der Waals surface area contributed by atoms with Crippen LogP contribution in [0.3, 0.4) is 0 Å². The van der Waals surface area contributed by atoms with Gasteiger partial charge in [0.25, 0.3) is 0 Å². The average Bonchev–Trinajstić information content (AvgIpc) is 3.18. The quantitative estimate of drug-likeness (QED) is 0.720. The molecule has 0 radical (unpaired) electrons. The summed E-state index contributed by atoms with van der Waals surface area (Å²) in [6, 6.07) is 0. The molecule has 1 saturated heterocycles. The van der Waals surface area contributed by atoms with Gasteiger partial charge in [-0.25, -0.2) is 9.97 Å². The molecule has 4 heterocycles. The molecule has 0 spiro atoms. The Morgan fingerprint density at radius 1 is 1.25 bits per heavy atom. The predicted octanol–water partition coefficient (Wildman–Crippen LogP) is 4.00. The smallest absolute Gasteiger partial charge is 0.191 e. The number of aryl methyl sites for hydroxylation is 4. The first-order valence-electron chi connectivity index (χ1n) is 8.61. The fourth-order valence-corrected chi connectivity index (χ4v) is 5.01. The number of fused-ring (bicyclic) bond motifs is 1. The Balaban J connectivity index is 1.59. The molecular weight excluding hydrogens is 320 g/mol. The van der Waals surface area contributed by atoms with Gasteiger partial charge < -0.3 is 4.42 Å². The second kappa shape index (κ2) is 6.01. The summed E-state index contributed by atoms with van der Waals surface area (Å²) in [5.41, 5.74) is 3.65. The molecule has 6 heteroatoms. The summed E-state index contributed by atoms with van der Waals surface area (Å²) in [6.45, 7) is 11.5. The maximum atomic E-state index is 5.34. The van der Waals surface area contributed by atoms with Gasteiger partial charge in [0.1, 0.15) is 16.9 Å². The molecule has 3 aromatic rings. The summed E-state index contributed by atoms with van der Waals surface area (Å²) >= 11 is 1.88. The third-order valence-corrected chi connectivity index (χ3v) is 6.25. The summed E-state index contributed by atoms with van der Waals surface area (Å²) < 4.78 is 7.67. The molecule has 1 fully saturated rings. The molecule has 5 nitrogen and oxygen atoms in total. The lowest BCUT2D eigenvalue weighted by Crippen LogP contribution is -2.34. The van der Waals surface area contributed by atoms with Crippen LogP contribution in [0.2, 0.25) is 0 Å². The molecule has 0 N–H and O–H groups in total. The van der Waals surface area contributed by atoms with Crippen LogP contribution in [0.1, 0.15) is 52.4 Å². The van der Waals surface area contributed by atoms with E-state index in [0.29, 0.717) is 5.92 Å². The number of hydrogen-bond donors (Lipinski definition) is 0. The standard InChI is InChI=1S/C18H24N4OS/c1-11-12(2)24-18-17(19-13(3)22(11)18)15-6-5-7-21(8-15)9-16-10-23-14(4)20-16/h10,15H,5-9H2,1-4H3/t15-/m0/s1. The molecular formula is C18H24N4OS. The van der Waals surface area contributed by atoms with Crippen molar-refractivity contribution >= 4 is 16.2 Å². The van der Waals surface area contributed by atoms with Crippen LogP contribution >= 0.6 is 11.3 Å². The van der Waals surface area contributed by atoms with Crippen molar-refractivity contribution in [2.24, 2.45) is 0 Å². The van der Waals surface area contributed by atoms with E-state index in [1.165, 1.54) is 33.9 Å². The molecule has 1 aliphatic heterocycles. The molecule has 0 aliphatic carbocycles. The Morgan fingerprint density at radius 2 is 2.08 bits per heavy atom. The number of aromatic nitrogens is 3. The van der Waals surface area contributed by atoms with Crippen LogP contribution in [0.15, 0.2) is 10.7 Å². The van der Waals surface area contributed by atoms with E-state index in [4.69, 9.17) is 9.40 Å². The Morgan fingerprint density at radius 3 is 2.83 bits per heavy atom. The minimum absolute atomic E-state index is 0.507. The molecule has 24 heavy (non-hydrogen) atoms. The van der Waals surface area contributed by atoms with E-state index in [2.05, 4.69) is 35.1 Å². The largest absolute Gasteiger partial charge is 0.449 e. The topological polar surface area (TPSA) is 46.6 Å². The van der Waals surface area contributed by atoms with Crippen molar-refractivity contribution in [2.75, 3.05) is 13.1 Å². The van der Waals surface area contributed by atoms with Crippen LogP contribution in [0.25, 0.3) is 4.83 Å². The summed E-state index contributed by atoms with van der Waals surface area (Å²) in [4.78, 5) is 14.6. The van der Waals surface area contributed by atoms with Crippen LogP contribution in [-0.4, -0.2) is 32.4 Å². The Bertz CT molecular complexity index is 875. The predicted molar refractivity (Wildman–Crippen MR) is 95.8 cm³/mol. The summed E-state index contributed by atoms with van der Waals surface area (Å²) in [5, 5.41) is 0. The fraction of sp³-hybridized carbons (Fsp3) is 0.556. The van der Waals surface area contributed by atoms with E-state index in [0.717, 1.165) is 37.0 Å². The number of rotatable bonds is 3. The van der Waals surface area contributed by atoms with Crippen molar-refractivity contribution in [1.82, 2.24) is 19.3 Å². The first-order valence-corrected chi connectivity index (χ1v) is 9.43. The maximum absolute atomic E-state index is 5.34. The van der Waals surface area contributed by atoms with Crippen molar-refractivity contribution < 1.29 is 4.42 Å². The van der Waals surface area contributed by atoms with Gasteiger partial charge in [-0.2, -0.15) is 0 Å². The molecule has 0 saturated carbocycles. The third kappa shape index (κ3) is 2.67. The molecule has 0 aromatic carbocycles. The number of thiazole rings is 1. The van der Waals surface area contributed by atoms with Gasteiger partial charge in [-0.15, -0.1) is 11.3 Å². The van der Waals surface area contributed by atoms with E-state index in [1.54, 1.807) is 6.26 Å². The van der Waals surface area contributed by atoms with E-state index >= 15 is 0 Å². The first kappa shape index (κ1) is 15.8. The number of piperidine rings is 1. The molecule has 1 atom stereocenters. The van der Waals surface area contributed by atoms with Gasteiger partial charge >= 0.3 is 0 Å². The van der Waals surface area contributed by atoms with Crippen LogP contribution in [-0.2, 0) is 6.54 Å². The number of likely N-dealkylation sites (tertiary alicyclic amines) is 1. The number of imidazole rings is 1. The number of oxazole rings is 1. The number of hydrogen-bond acceptors (Lipinski definition) is 5. The molecule has 1 aliphatic rings. The minimum Gasteiger partial charge on any atom is -0.449 e. The highest BCUT2D eigenvalue weighted by atomic mass is 32.1. The van der Waals surface area contributed by atoms with Crippen molar-refractivity contribution in [2.45, 2.75) is 53.0 Å². The summed E-state index contributed by atoms with van der Waals surface area (Å²) in [7, 11) is 0. The molecule has 0 bridgehead atoms. The van der Waals surface area contributed by atoms with Crippen LogP contribution in [0.5, 0.6) is 0 Å². The Kier molecular flexibility index (Phi) is 3.96. The average molecular weight is 344 g/mol.